The number of sulfone groups is 1. The van der Waals surface area contributed by atoms with E-state index in [9.17, 15) is 18.0 Å². The second-order valence-electron chi connectivity index (χ2n) is 9.52. The van der Waals surface area contributed by atoms with Crippen LogP contribution in [0.5, 0.6) is 0 Å². The van der Waals surface area contributed by atoms with E-state index in [4.69, 9.17) is 0 Å². The minimum atomic E-state index is -3.24. The summed E-state index contributed by atoms with van der Waals surface area (Å²) in [6.45, 7) is 2.35. The molecule has 0 bridgehead atoms. The summed E-state index contributed by atoms with van der Waals surface area (Å²) in [5, 5.41) is 8.61. The monoisotopic (exact) mass is 530 g/mol. The van der Waals surface area contributed by atoms with Gasteiger partial charge in [0.1, 0.15) is 5.69 Å². The summed E-state index contributed by atoms with van der Waals surface area (Å²) in [6.07, 6.45) is 11.0. The van der Waals surface area contributed by atoms with Gasteiger partial charge in [0.15, 0.2) is 9.84 Å². The average Bonchev–Trinajstić information content (AvgIpc) is 3.38. The minimum Gasteiger partial charge on any atom is -0.347 e. The molecular formula is C26H34N4O4S2. The molecule has 36 heavy (non-hydrogen) atoms. The molecule has 1 aromatic heterocycles. The van der Waals surface area contributed by atoms with Crippen LogP contribution >= 0.6 is 11.3 Å². The first-order valence-corrected chi connectivity index (χ1v) is 15.3. The maximum atomic E-state index is 12.6. The number of nitrogens with one attached hydrogen (secondary N) is 2. The highest BCUT2D eigenvalue weighted by atomic mass is 32.2. The van der Waals surface area contributed by atoms with Gasteiger partial charge in [-0.2, -0.15) is 0 Å². The molecule has 10 heteroatoms. The van der Waals surface area contributed by atoms with Crippen molar-refractivity contribution in [3.05, 3.63) is 57.6 Å². The standard InChI is InChI=1S/C26H34N4O4S2/c1-36(33,34)22-9-7-20(8-10-22)17-28-24(31)23-18-35-25(29-23)21-12-15-30(16-13-21)26(32)27-14-11-19-5-3-2-4-6-19/h5,7-10,18,21H,2-4,6,11-17H2,1H3,(H,27,32)(H,28,31). The molecule has 0 radical (unpaired) electrons. The van der Waals surface area contributed by atoms with Crippen LogP contribution in [0.15, 0.2) is 46.2 Å². The van der Waals surface area contributed by atoms with Crippen molar-refractivity contribution in [2.45, 2.75) is 62.3 Å². The Kier molecular flexibility index (Phi) is 8.79. The van der Waals surface area contributed by atoms with Crippen LogP contribution in [-0.4, -0.2) is 56.1 Å². The SMILES string of the molecule is CS(=O)(=O)c1ccc(CNC(=O)c2csc(C3CCN(C(=O)NCCC4=CCCCC4)CC3)n2)cc1. The molecule has 1 saturated heterocycles. The zero-order valence-electron chi connectivity index (χ0n) is 20.7. The normalized spacial score (nSPS) is 16.9. The van der Waals surface area contributed by atoms with Gasteiger partial charge in [-0.3, -0.25) is 4.79 Å². The molecule has 0 unspecified atom stereocenters. The lowest BCUT2D eigenvalue weighted by atomic mass is 9.97. The molecule has 1 aliphatic carbocycles. The molecule has 8 nitrogen and oxygen atoms in total. The molecule has 3 amide bonds. The molecule has 2 aliphatic rings. The van der Waals surface area contributed by atoms with Crippen molar-refractivity contribution in [2.24, 2.45) is 0 Å². The zero-order chi connectivity index (χ0) is 25.5. The summed E-state index contributed by atoms with van der Waals surface area (Å²) < 4.78 is 23.1. The van der Waals surface area contributed by atoms with E-state index in [0.717, 1.165) is 42.7 Å². The maximum absolute atomic E-state index is 12.6. The van der Waals surface area contributed by atoms with Crippen molar-refractivity contribution in [3.8, 4) is 0 Å². The first-order chi connectivity index (χ1) is 17.3. The van der Waals surface area contributed by atoms with Gasteiger partial charge in [0.2, 0.25) is 0 Å². The number of aromatic nitrogens is 1. The number of thiazole rings is 1. The molecule has 0 spiro atoms. The molecular weight excluding hydrogens is 496 g/mol. The first-order valence-electron chi connectivity index (χ1n) is 12.5. The first kappa shape index (κ1) is 26.3. The summed E-state index contributed by atoms with van der Waals surface area (Å²) in [4.78, 5) is 31.8. The fourth-order valence-corrected chi connectivity index (χ4v) is 6.21. The van der Waals surface area contributed by atoms with Crippen LogP contribution in [0.25, 0.3) is 0 Å². The van der Waals surface area contributed by atoms with Crippen LogP contribution < -0.4 is 10.6 Å². The topological polar surface area (TPSA) is 108 Å². The lowest BCUT2D eigenvalue weighted by Crippen LogP contribution is -2.44. The third kappa shape index (κ3) is 7.16. The lowest BCUT2D eigenvalue weighted by molar-refractivity contribution is 0.0946. The van der Waals surface area contributed by atoms with Crippen LogP contribution in [0.4, 0.5) is 4.79 Å². The van der Waals surface area contributed by atoms with Crippen molar-refractivity contribution >= 4 is 33.1 Å². The van der Waals surface area contributed by atoms with Gasteiger partial charge in [-0.25, -0.2) is 18.2 Å². The van der Waals surface area contributed by atoms with E-state index in [1.54, 1.807) is 29.6 Å². The van der Waals surface area contributed by atoms with Crippen LogP contribution in [0.1, 0.15) is 71.9 Å². The highest BCUT2D eigenvalue weighted by Gasteiger charge is 2.26. The predicted octanol–water partition coefficient (Wildman–Crippen LogP) is 4.26. The van der Waals surface area contributed by atoms with Gasteiger partial charge < -0.3 is 15.5 Å². The quantitative estimate of drug-likeness (QED) is 0.496. The number of benzene rings is 1. The van der Waals surface area contributed by atoms with Gasteiger partial charge in [-0.05, 0) is 62.6 Å². The summed E-state index contributed by atoms with van der Waals surface area (Å²) in [5.41, 5.74) is 2.67. The Labute approximate surface area is 217 Å². The fraction of sp³-hybridized carbons (Fsp3) is 0.500. The maximum Gasteiger partial charge on any atom is 0.317 e. The van der Waals surface area contributed by atoms with Crippen molar-refractivity contribution in [3.63, 3.8) is 0 Å². The Morgan fingerprint density at radius 1 is 1.11 bits per heavy atom. The average molecular weight is 531 g/mol. The molecule has 0 saturated carbocycles. The van der Waals surface area contributed by atoms with Gasteiger partial charge >= 0.3 is 6.03 Å². The number of hydrogen-bond acceptors (Lipinski definition) is 6. The number of rotatable bonds is 8. The van der Waals surface area contributed by atoms with E-state index >= 15 is 0 Å². The van der Waals surface area contributed by atoms with Gasteiger partial charge in [0.05, 0.1) is 9.90 Å². The number of likely N-dealkylation sites (tertiary alicyclic amines) is 1. The van der Waals surface area contributed by atoms with Gasteiger partial charge in [0.25, 0.3) is 5.91 Å². The van der Waals surface area contributed by atoms with E-state index < -0.39 is 9.84 Å². The molecule has 2 N–H and O–H groups in total. The predicted molar refractivity (Wildman–Crippen MR) is 141 cm³/mol. The Hall–Kier alpha value is -2.72. The van der Waals surface area contributed by atoms with Crippen LogP contribution in [0.3, 0.4) is 0 Å². The lowest BCUT2D eigenvalue weighted by Gasteiger charge is -2.31. The molecule has 4 rings (SSSR count). The van der Waals surface area contributed by atoms with Crippen molar-refractivity contribution in [2.75, 3.05) is 25.9 Å². The van der Waals surface area contributed by atoms with Gasteiger partial charge in [-0.1, -0.05) is 23.8 Å². The smallest absolute Gasteiger partial charge is 0.317 e. The van der Waals surface area contributed by atoms with Gasteiger partial charge in [0, 0.05) is 43.7 Å². The Balaban J connectivity index is 1.20. The summed E-state index contributed by atoms with van der Waals surface area (Å²) in [6, 6.07) is 6.48. The number of carbonyl (C=O) groups excluding carboxylic acids is 2. The zero-order valence-corrected chi connectivity index (χ0v) is 22.3. The second-order valence-corrected chi connectivity index (χ2v) is 12.4. The highest BCUT2D eigenvalue weighted by molar-refractivity contribution is 7.90. The molecule has 2 heterocycles. The van der Waals surface area contributed by atoms with E-state index in [0.29, 0.717) is 31.9 Å². The fourth-order valence-electron chi connectivity index (χ4n) is 4.61. The number of carbonyl (C=O) groups is 2. The Morgan fingerprint density at radius 3 is 2.53 bits per heavy atom. The summed E-state index contributed by atoms with van der Waals surface area (Å²) in [5.74, 6) is -0.00823. The number of urea groups is 1. The Morgan fingerprint density at radius 2 is 1.86 bits per heavy atom. The van der Waals surface area contributed by atoms with Crippen molar-refractivity contribution in [1.82, 2.24) is 20.5 Å². The number of nitrogens with zero attached hydrogens (tertiary/aromatic N) is 2. The Bertz CT molecular complexity index is 1200. The molecule has 194 valence electrons. The summed E-state index contributed by atoms with van der Waals surface area (Å²) in [7, 11) is -3.24. The molecule has 2 aromatic rings. The second kappa shape index (κ2) is 12.0. The number of piperidine rings is 1. The molecule has 1 aromatic carbocycles. The largest absolute Gasteiger partial charge is 0.347 e. The number of hydrogen-bond donors (Lipinski definition) is 2. The minimum absolute atomic E-state index is 0.00799. The third-order valence-electron chi connectivity index (χ3n) is 6.80. The third-order valence-corrected chi connectivity index (χ3v) is 8.93. The summed E-state index contributed by atoms with van der Waals surface area (Å²) >= 11 is 1.49. The van der Waals surface area contributed by atoms with E-state index in [1.807, 2.05) is 4.90 Å². The molecule has 0 atom stereocenters. The number of allylic oxidation sites excluding steroid dienone is 1. The van der Waals surface area contributed by atoms with E-state index in [2.05, 4.69) is 21.7 Å². The van der Waals surface area contributed by atoms with Crippen LogP contribution in [-0.2, 0) is 16.4 Å². The highest BCUT2D eigenvalue weighted by Crippen LogP contribution is 2.30. The van der Waals surface area contributed by atoms with Crippen LogP contribution in [0, 0.1) is 0 Å². The van der Waals surface area contributed by atoms with Crippen molar-refractivity contribution < 1.29 is 18.0 Å². The number of amides is 3. The van der Waals surface area contributed by atoms with E-state index in [1.165, 1.54) is 36.0 Å². The molecule has 1 fully saturated rings. The molecule has 1 aliphatic heterocycles. The van der Waals surface area contributed by atoms with E-state index in [-0.39, 0.29) is 22.8 Å². The van der Waals surface area contributed by atoms with Crippen molar-refractivity contribution in [1.29, 1.82) is 0 Å². The van der Waals surface area contributed by atoms with Gasteiger partial charge in [-0.15, -0.1) is 11.3 Å². The van der Waals surface area contributed by atoms with Crippen LogP contribution in [0.2, 0.25) is 0 Å².